The Hall–Kier alpha value is -2.00. The summed E-state index contributed by atoms with van der Waals surface area (Å²) in [5, 5.41) is 10.3. The van der Waals surface area contributed by atoms with Gasteiger partial charge in [-0.3, -0.25) is 0 Å². The third-order valence-electron chi connectivity index (χ3n) is 2.98. The Labute approximate surface area is 107 Å². The van der Waals surface area contributed by atoms with Crippen LogP contribution in [0.1, 0.15) is 22.8 Å². The third-order valence-corrected chi connectivity index (χ3v) is 2.98. The zero-order chi connectivity index (χ0) is 13.1. The predicted molar refractivity (Wildman–Crippen MR) is 72.6 cm³/mol. The summed E-state index contributed by atoms with van der Waals surface area (Å²) < 4.78 is 5.15. The molecule has 0 aliphatic carbocycles. The fourth-order valence-electron chi connectivity index (χ4n) is 1.84. The Bertz CT molecular complexity index is 535. The van der Waals surface area contributed by atoms with Gasteiger partial charge in [-0.2, -0.15) is 0 Å². The van der Waals surface area contributed by atoms with Gasteiger partial charge in [0.2, 0.25) is 0 Å². The number of rotatable bonds is 3. The molecule has 0 bridgehead atoms. The van der Waals surface area contributed by atoms with E-state index in [0.29, 0.717) is 17.0 Å². The van der Waals surface area contributed by atoms with Gasteiger partial charge in [0.05, 0.1) is 7.11 Å². The monoisotopic (exact) mass is 243 g/mol. The molecule has 3 nitrogen and oxygen atoms in total. The van der Waals surface area contributed by atoms with E-state index in [0.717, 1.165) is 11.1 Å². The first-order valence-corrected chi connectivity index (χ1v) is 5.80. The maximum Gasteiger partial charge on any atom is 0.119 e. The molecular weight excluding hydrogens is 226 g/mol. The maximum atomic E-state index is 10.3. The van der Waals surface area contributed by atoms with Crippen molar-refractivity contribution in [3.8, 4) is 5.75 Å². The number of hydrogen-bond donors (Lipinski definition) is 2. The van der Waals surface area contributed by atoms with Crippen molar-refractivity contribution >= 4 is 5.69 Å². The van der Waals surface area contributed by atoms with Crippen LogP contribution in [0, 0.1) is 6.92 Å². The van der Waals surface area contributed by atoms with E-state index in [9.17, 15) is 5.11 Å². The lowest BCUT2D eigenvalue weighted by molar-refractivity contribution is 0.220. The number of hydrogen-bond acceptors (Lipinski definition) is 3. The highest BCUT2D eigenvalue weighted by Gasteiger charge is 2.14. The number of methoxy groups -OCH3 is 1. The van der Waals surface area contributed by atoms with Gasteiger partial charge in [0.15, 0.2) is 0 Å². The van der Waals surface area contributed by atoms with E-state index in [1.807, 2.05) is 31.2 Å². The molecule has 0 fully saturated rings. The second kappa shape index (κ2) is 5.10. The largest absolute Gasteiger partial charge is 0.497 e. The first kappa shape index (κ1) is 12.5. The predicted octanol–water partition coefficient (Wildman–Crippen LogP) is 2.67. The van der Waals surface area contributed by atoms with Gasteiger partial charge >= 0.3 is 0 Å². The molecule has 0 radical (unpaired) electrons. The molecule has 0 aliphatic heterocycles. The SMILES string of the molecule is COc1ccc(N)c(C(O)c2ccc(C)cc2)c1. The van der Waals surface area contributed by atoms with Crippen LogP contribution in [0.25, 0.3) is 0 Å². The Morgan fingerprint density at radius 3 is 2.39 bits per heavy atom. The van der Waals surface area contributed by atoms with Crippen molar-refractivity contribution in [3.05, 3.63) is 59.2 Å². The van der Waals surface area contributed by atoms with Gasteiger partial charge in [0, 0.05) is 11.3 Å². The lowest BCUT2D eigenvalue weighted by Gasteiger charge is -2.15. The Morgan fingerprint density at radius 2 is 1.78 bits per heavy atom. The topological polar surface area (TPSA) is 55.5 Å². The molecule has 0 aromatic heterocycles. The highest BCUT2D eigenvalue weighted by molar-refractivity contribution is 5.53. The zero-order valence-corrected chi connectivity index (χ0v) is 10.6. The average Bonchev–Trinajstić information content (AvgIpc) is 2.39. The summed E-state index contributed by atoms with van der Waals surface area (Å²) in [7, 11) is 1.59. The molecule has 3 heteroatoms. The lowest BCUT2D eigenvalue weighted by atomic mass is 9.99. The molecule has 2 rings (SSSR count). The van der Waals surface area contributed by atoms with E-state index in [2.05, 4.69) is 0 Å². The molecule has 3 N–H and O–H groups in total. The number of benzene rings is 2. The molecular formula is C15H17NO2. The Kier molecular flexibility index (Phi) is 3.53. The molecule has 94 valence electrons. The summed E-state index contributed by atoms with van der Waals surface area (Å²) in [4.78, 5) is 0. The fourth-order valence-corrected chi connectivity index (χ4v) is 1.84. The van der Waals surface area contributed by atoms with Gasteiger partial charge in [-0.05, 0) is 30.7 Å². The van der Waals surface area contributed by atoms with E-state index in [4.69, 9.17) is 10.5 Å². The molecule has 2 aromatic carbocycles. The number of anilines is 1. The van der Waals surface area contributed by atoms with Crippen molar-refractivity contribution in [3.63, 3.8) is 0 Å². The van der Waals surface area contributed by atoms with Gasteiger partial charge in [-0.1, -0.05) is 29.8 Å². The molecule has 1 atom stereocenters. The lowest BCUT2D eigenvalue weighted by Crippen LogP contribution is -2.04. The van der Waals surface area contributed by atoms with Gasteiger partial charge < -0.3 is 15.6 Å². The van der Waals surface area contributed by atoms with Gasteiger partial charge in [0.1, 0.15) is 11.9 Å². The Balaban J connectivity index is 2.38. The van der Waals surface area contributed by atoms with Crippen LogP contribution in [-0.2, 0) is 0 Å². The average molecular weight is 243 g/mol. The number of nitrogen functional groups attached to an aromatic ring is 1. The van der Waals surface area contributed by atoms with Gasteiger partial charge in [-0.15, -0.1) is 0 Å². The van der Waals surface area contributed by atoms with Crippen LogP contribution in [0.2, 0.25) is 0 Å². The van der Waals surface area contributed by atoms with Crippen LogP contribution in [0.4, 0.5) is 5.69 Å². The van der Waals surface area contributed by atoms with Crippen molar-refractivity contribution < 1.29 is 9.84 Å². The molecule has 1 unspecified atom stereocenters. The standard InChI is InChI=1S/C15H17NO2/c1-10-3-5-11(6-4-10)15(17)13-9-12(18-2)7-8-14(13)16/h3-9,15,17H,16H2,1-2H3. The van der Waals surface area contributed by atoms with Gasteiger partial charge in [-0.25, -0.2) is 0 Å². The maximum absolute atomic E-state index is 10.3. The first-order valence-electron chi connectivity index (χ1n) is 5.80. The fraction of sp³-hybridized carbons (Fsp3) is 0.200. The minimum Gasteiger partial charge on any atom is -0.497 e. The molecule has 0 heterocycles. The molecule has 0 spiro atoms. The van der Waals surface area contributed by atoms with Crippen LogP contribution >= 0.6 is 0 Å². The van der Waals surface area contributed by atoms with Crippen LogP contribution < -0.4 is 10.5 Å². The summed E-state index contributed by atoms with van der Waals surface area (Å²) in [6, 6.07) is 13.0. The number of aliphatic hydroxyl groups is 1. The van der Waals surface area contributed by atoms with E-state index < -0.39 is 6.10 Å². The number of nitrogens with two attached hydrogens (primary N) is 1. The zero-order valence-electron chi connectivity index (χ0n) is 10.6. The first-order chi connectivity index (χ1) is 8.61. The quantitative estimate of drug-likeness (QED) is 0.815. The molecule has 0 aliphatic rings. The minimum atomic E-state index is -0.735. The third kappa shape index (κ3) is 2.46. The second-order valence-corrected chi connectivity index (χ2v) is 4.31. The molecule has 0 amide bonds. The molecule has 0 saturated heterocycles. The van der Waals surface area contributed by atoms with Crippen LogP contribution in [0.5, 0.6) is 5.75 Å². The minimum absolute atomic E-state index is 0.559. The summed E-state index contributed by atoms with van der Waals surface area (Å²) >= 11 is 0. The normalized spacial score (nSPS) is 12.2. The Morgan fingerprint density at radius 1 is 1.11 bits per heavy atom. The van der Waals surface area contributed by atoms with Crippen molar-refractivity contribution in [2.24, 2.45) is 0 Å². The van der Waals surface area contributed by atoms with E-state index in [1.165, 1.54) is 0 Å². The van der Waals surface area contributed by atoms with Crippen LogP contribution in [0.3, 0.4) is 0 Å². The molecule has 18 heavy (non-hydrogen) atoms. The summed E-state index contributed by atoms with van der Waals surface area (Å²) in [5.41, 5.74) is 9.10. The molecule has 0 saturated carbocycles. The highest BCUT2D eigenvalue weighted by Crippen LogP contribution is 2.29. The van der Waals surface area contributed by atoms with Crippen LogP contribution in [-0.4, -0.2) is 12.2 Å². The molecule has 2 aromatic rings. The number of aliphatic hydroxyl groups excluding tert-OH is 1. The smallest absolute Gasteiger partial charge is 0.119 e. The van der Waals surface area contributed by atoms with E-state index in [-0.39, 0.29) is 0 Å². The number of aryl methyl sites for hydroxylation is 1. The van der Waals surface area contributed by atoms with E-state index >= 15 is 0 Å². The van der Waals surface area contributed by atoms with Crippen molar-refractivity contribution in [1.29, 1.82) is 0 Å². The highest BCUT2D eigenvalue weighted by atomic mass is 16.5. The summed E-state index contributed by atoms with van der Waals surface area (Å²) in [6.45, 7) is 2.01. The summed E-state index contributed by atoms with van der Waals surface area (Å²) in [5.74, 6) is 0.686. The van der Waals surface area contributed by atoms with E-state index in [1.54, 1.807) is 25.3 Å². The second-order valence-electron chi connectivity index (χ2n) is 4.31. The number of ether oxygens (including phenoxy) is 1. The van der Waals surface area contributed by atoms with Crippen molar-refractivity contribution in [1.82, 2.24) is 0 Å². The van der Waals surface area contributed by atoms with Crippen molar-refractivity contribution in [2.45, 2.75) is 13.0 Å². The van der Waals surface area contributed by atoms with Crippen LogP contribution in [0.15, 0.2) is 42.5 Å². The van der Waals surface area contributed by atoms with Crippen molar-refractivity contribution in [2.75, 3.05) is 12.8 Å². The summed E-state index contributed by atoms with van der Waals surface area (Å²) in [6.07, 6.45) is -0.735. The van der Waals surface area contributed by atoms with Gasteiger partial charge in [0.25, 0.3) is 0 Å².